The van der Waals surface area contributed by atoms with Gasteiger partial charge in [-0.1, -0.05) is 11.6 Å². The summed E-state index contributed by atoms with van der Waals surface area (Å²) >= 11 is 8.08. The summed E-state index contributed by atoms with van der Waals surface area (Å²) in [5.74, 6) is 5.10. The standard InChI is InChI=1S/C22H31ClN2O2S/c23-20-2-1-18(27-4-6-28-5-3-24)10-19(20)21(26)25-14-22-11-15-7-16(12-22)9-17(8-15)13-22/h1-2,10,15-17H,3-9,11-14,24H2,(H,25,26). The van der Waals surface area contributed by atoms with E-state index in [0.29, 0.717) is 34.9 Å². The summed E-state index contributed by atoms with van der Waals surface area (Å²) in [6.45, 7) is 2.06. The fourth-order valence-electron chi connectivity index (χ4n) is 6.04. The molecule has 4 aliphatic rings. The normalized spacial score (nSPS) is 30.4. The lowest BCUT2D eigenvalue weighted by Gasteiger charge is -2.56. The lowest BCUT2D eigenvalue weighted by molar-refractivity contribution is -0.0503. The van der Waals surface area contributed by atoms with E-state index < -0.39 is 0 Å². The molecule has 154 valence electrons. The largest absolute Gasteiger partial charge is 0.493 e. The Morgan fingerprint density at radius 2 is 1.86 bits per heavy atom. The van der Waals surface area contributed by atoms with E-state index in [-0.39, 0.29) is 5.91 Å². The number of halogens is 1. The molecule has 0 aliphatic heterocycles. The Labute approximate surface area is 177 Å². The van der Waals surface area contributed by atoms with Gasteiger partial charge >= 0.3 is 0 Å². The Bertz CT molecular complexity index is 676. The predicted octanol–water partition coefficient (Wildman–Crippen LogP) is 4.36. The molecule has 28 heavy (non-hydrogen) atoms. The molecule has 1 amide bonds. The molecule has 4 saturated carbocycles. The van der Waals surface area contributed by atoms with Gasteiger partial charge in [0.05, 0.1) is 17.2 Å². The zero-order valence-corrected chi connectivity index (χ0v) is 18.0. The van der Waals surface area contributed by atoms with Crippen LogP contribution in [-0.4, -0.2) is 37.1 Å². The lowest BCUT2D eigenvalue weighted by Crippen LogP contribution is -2.51. The van der Waals surface area contributed by atoms with Crippen molar-refractivity contribution in [1.29, 1.82) is 0 Å². The third-order valence-corrected chi connectivity index (χ3v) is 8.04. The molecule has 4 aliphatic carbocycles. The summed E-state index contributed by atoms with van der Waals surface area (Å²) in [7, 11) is 0. The monoisotopic (exact) mass is 422 g/mol. The van der Waals surface area contributed by atoms with Crippen LogP contribution in [0, 0.1) is 23.2 Å². The smallest absolute Gasteiger partial charge is 0.252 e. The van der Waals surface area contributed by atoms with Gasteiger partial charge in [-0.05, 0) is 79.9 Å². The number of hydrogen-bond acceptors (Lipinski definition) is 4. The maximum atomic E-state index is 12.9. The molecule has 0 radical (unpaired) electrons. The van der Waals surface area contributed by atoms with Gasteiger partial charge in [0, 0.05) is 24.6 Å². The maximum Gasteiger partial charge on any atom is 0.252 e. The molecule has 3 N–H and O–H groups in total. The SMILES string of the molecule is NCCSCCOc1ccc(Cl)c(C(=O)NCC23CC4CC(CC(C4)C2)C3)c1. The molecule has 1 aromatic carbocycles. The number of carbonyl (C=O) groups is 1. The van der Waals surface area contributed by atoms with Crippen LogP contribution >= 0.6 is 23.4 Å². The number of ether oxygens (including phenoxy) is 1. The van der Waals surface area contributed by atoms with E-state index in [1.807, 2.05) is 6.07 Å². The van der Waals surface area contributed by atoms with Crippen molar-refractivity contribution in [3.8, 4) is 5.75 Å². The molecular weight excluding hydrogens is 392 g/mol. The quantitative estimate of drug-likeness (QED) is 0.580. The Balaban J connectivity index is 1.33. The lowest BCUT2D eigenvalue weighted by atomic mass is 9.49. The highest BCUT2D eigenvalue weighted by Crippen LogP contribution is 2.59. The van der Waals surface area contributed by atoms with Gasteiger partial charge in [-0.2, -0.15) is 11.8 Å². The third kappa shape index (κ3) is 4.63. The van der Waals surface area contributed by atoms with Crippen LogP contribution in [0.15, 0.2) is 18.2 Å². The number of thioether (sulfide) groups is 1. The predicted molar refractivity (Wildman–Crippen MR) is 116 cm³/mol. The van der Waals surface area contributed by atoms with Crippen molar-refractivity contribution >= 4 is 29.3 Å². The first-order valence-electron chi connectivity index (χ1n) is 10.6. The highest BCUT2D eigenvalue weighted by atomic mass is 35.5. The molecule has 5 rings (SSSR count). The van der Waals surface area contributed by atoms with Gasteiger partial charge in [0.1, 0.15) is 5.75 Å². The summed E-state index contributed by atoms with van der Waals surface area (Å²) in [5, 5.41) is 3.69. The van der Waals surface area contributed by atoms with Crippen molar-refractivity contribution in [2.45, 2.75) is 38.5 Å². The summed E-state index contributed by atoms with van der Waals surface area (Å²) in [6.07, 6.45) is 8.12. The topological polar surface area (TPSA) is 64.3 Å². The first-order valence-corrected chi connectivity index (χ1v) is 12.1. The molecule has 0 atom stereocenters. The van der Waals surface area contributed by atoms with Gasteiger partial charge in [0.15, 0.2) is 0 Å². The van der Waals surface area contributed by atoms with E-state index in [1.165, 1.54) is 38.5 Å². The van der Waals surface area contributed by atoms with E-state index >= 15 is 0 Å². The maximum absolute atomic E-state index is 12.9. The van der Waals surface area contributed by atoms with E-state index in [0.717, 1.165) is 35.8 Å². The average molecular weight is 423 g/mol. The summed E-state index contributed by atoms with van der Waals surface area (Å²) in [4.78, 5) is 12.9. The van der Waals surface area contributed by atoms with Gasteiger partial charge in [0.25, 0.3) is 5.91 Å². The van der Waals surface area contributed by atoms with E-state index in [2.05, 4.69) is 5.32 Å². The number of benzene rings is 1. The van der Waals surface area contributed by atoms with Crippen LogP contribution in [-0.2, 0) is 0 Å². The van der Waals surface area contributed by atoms with Crippen LogP contribution in [0.4, 0.5) is 0 Å². The fourth-order valence-corrected chi connectivity index (χ4v) is 6.82. The van der Waals surface area contributed by atoms with Crippen molar-refractivity contribution < 1.29 is 9.53 Å². The molecule has 4 fully saturated rings. The van der Waals surface area contributed by atoms with Crippen LogP contribution in [0.1, 0.15) is 48.9 Å². The minimum atomic E-state index is -0.0799. The molecular formula is C22H31ClN2O2S. The van der Waals surface area contributed by atoms with Crippen molar-refractivity contribution in [2.75, 3.05) is 31.2 Å². The highest BCUT2D eigenvalue weighted by Gasteiger charge is 2.50. The number of amides is 1. The van der Waals surface area contributed by atoms with Gasteiger partial charge in [0.2, 0.25) is 0 Å². The molecule has 1 aromatic rings. The zero-order valence-electron chi connectivity index (χ0n) is 16.4. The van der Waals surface area contributed by atoms with Gasteiger partial charge < -0.3 is 15.8 Å². The van der Waals surface area contributed by atoms with Crippen molar-refractivity contribution in [1.82, 2.24) is 5.32 Å². The van der Waals surface area contributed by atoms with Gasteiger partial charge in [-0.25, -0.2) is 0 Å². The van der Waals surface area contributed by atoms with Crippen LogP contribution in [0.25, 0.3) is 0 Å². The van der Waals surface area contributed by atoms with E-state index in [9.17, 15) is 4.79 Å². The number of nitrogens with one attached hydrogen (secondary N) is 1. The summed E-state index contributed by atoms with van der Waals surface area (Å²) < 4.78 is 5.78. The summed E-state index contributed by atoms with van der Waals surface area (Å²) in [6, 6.07) is 5.35. The zero-order chi connectivity index (χ0) is 19.6. The minimum Gasteiger partial charge on any atom is -0.493 e. The minimum absolute atomic E-state index is 0.0799. The molecule has 0 spiro atoms. The Morgan fingerprint density at radius 1 is 1.18 bits per heavy atom. The van der Waals surface area contributed by atoms with Crippen molar-refractivity contribution in [3.05, 3.63) is 28.8 Å². The Kier molecular flexibility index (Phi) is 6.43. The van der Waals surface area contributed by atoms with E-state index in [1.54, 1.807) is 23.9 Å². The fraction of sp³-hybridized carbons (Fsp3) is 0.682. The van der Waals surface area contributed by atoms with Gasteiger partial charge in [-0.3, -0.25) is 4.79 Å². The summed E-state index contributed by atoms with van der Waals surface area (Å²) in [5.41, 5.74) is 6.33. The molecule has 0 saturated heterocycles. The number of hydrogen-bond donors (Lipinski definition) is 2. The molecule has 4 bridgehead atoms. The molecule has 0 heterocycles. The van der Waals surface area contributed by atoms with Crippen molar-refractivity contribution in [2.24, 2.45) is 28.9 Å². The van der Waals surface area contributed by atoms with Crippen LogP contribution in [0.3, 0.4) is 0 Å². The average Bonchev–Trinajstić information content (AvgIpc) is 2.66. The number of carbonyl (C=O) groups excluding carboxylic acids is 1. The Hall–Kier alpha value is -0.910. The number of rotatable bonds is 9. The van der Waals surface area contributed by atoms with Crippen LogP contribution in [0.5, 0.6) is 5.75 Å². The molecule has 0 aromatic heterocycles. The Morgan fingerprint density at radius 3 is 2.50 bits per heavy atom. The van der Waals surface area contributed by atoms with Gasteiger partial charge in [-0.15, -0.1) is 0 Å². The van der Waals surface area contributed by atoms with Crippen LogP contribution < -0.4 is 15.8 Å². The molecule has 6 heteroatoms. The number of nitrogens with two attached hydrogens (primary N) is 1. The second-order valence-electron chi connectivity index (χ2n) is 8.99. The first kappa shape index (κ1) is 20.4. The second-order valence-corrected chi connectivity index (χ2v) is 10.6. The second kappa shape index (κ2) is 8.85. The first-order chi connectivity index (χ1) is 13.6. The van der Waals surface area contributed by atoms with Crippen molar-refractivity contribution in [3.63, 3.8) is 0 Å². The highest BCUT2D eigenvalue weighted by molar-refractivity contribution is 7.99. The third-order valence-electron chi connectivity index (χ3n) is 6.73. The molecule has 4 nitrogen and oxygen atoms in total. The molecule has 0 unspecified atom stereocenters. The van der Waals surface area contributed by atoms with E-state index in [4.69, 9.17) is 22.1 Å². The van der Waals surface area contributed by atoms with Crippen LogP contribution in [0.2, 0.25) is 5.02 Å².